The van der Waals surface area contributed by atoms with Gasteiger partial charge >= 0.3 is 0 Å². The van der Waals surface area contributed by atoms with E-state index in [9.17, 15) is 0 Å². The maximum Gasteiger partial charge on any atom is 0.270 e. The van der Waals surface area contributed by atoms with Crippen LogP contribution in [0.25, 0.3) is 0 Å². The molecule has 14 heavy (non-hydrogen) atoms. The first-order chi connectivity index (χ1) is 6.70. The van der Waals surface area contributed by atoms with Crippen molar-refractivity contribution in [2.75, 3.05) is 5.73 Å². The lowest BCUT2D eigenvalue weighted by Gasteiger charge is -2.08. The quantitative estimate of drug-likeness (QED) is 0.674. The summed E-state index contributed by atoms with van der Waals surface area (Å²) in [6.45, 7) is 2.11. The lowest BCUT2D eigenvalue weighted by Crippen LogP contribution is -2.08. The van der Waals surface area contributed by atoms with E-state index in [2.05, 4.69) is 11.1 Å². The van der Waals surface area contributed by atoms with Crippen molar-refractivity contribution in [2.45, 2.75) is 32.0 Å². The largest absolute Gasteiger partial charge is 0.396 e. The summed E-state index contributed by atoms with van der Waals surface area (Å²) in [5.74, 6) is 2.31. The van der Waals surface area contributed by atoms with Crippen molar-refractivity contribution in [2.24, 2.45) is 0 Å². The van der Waals surface area contributed by atoms with Gasteiger partial charge in [-0.3, -0.25) is 4.68 Å². The van der Waals surface area contributed by atoms with Crippen molar-refractivity contribution in [3.8, 4) is 5.97 Å². The topological polar surface area (TPSA) is 67.6 Å². The maximum absolute atomic E-state index is 8.79. The SMILES string of the molecule is Cc1nn(C2CCB(C#N)C2)cc1N. The molecule has 72 valence electrons. The zero-order chi connectivity index (χ0) is 10.1. The Morgan fingerprint density at radius 3 is 3.07 bits per heavy atom. The van der Waals surface area contributed by atoms with E-state index in [-0.39, 0.29) is 6.71 Å². The van der Waals surface area contributed by atoms with Gasteiger partial charge in [-0.25, -0.2) is 5.26 Å². The number of anilines is 1. The summed E-state index contributed by atoms with van der Waals surface area (Å²) in [4.78, 5) is 0. The van der Waals surface area contributed by atoms with Crippen molar-refractivity contribution >= 4 is 12.4 Å². The number of nitrogen functional groups attached to an aromatic ring is 1. The second-order valence-corrected chi connectivity index (χ2v) is 3.94. The summed E-state index contributed by atoms with van der Waals surface area (Å²) in [6.07, 6.45) is 4.82. The van der Waals surface area contributed by atoms with E-state index in [0.29, 0.717) is 6.04 Å². The van der Waals surface area contributed by atoms with Crippen LogP contribution in [0, 0.1) is 18.2 Å². The lowest BCUT2D eigenvalue weighted by atomic mass is 9.50. The number of nitrogens with two attached hydrogens (primary N) is 1. The Kier molecular flexibility index (Phi) is 2.20. The third kappa shape index (κ3) is 1.48. The number of rotatable bonds is 1. The van der Waals surface area contributed by atoms with Gasteiger partial charge in [-0.15, -0.1) is 0 Å². The fourth-order valence-corrected chi connectivity index (χ4v) is 2.00. The molecule has 4 nitrogen and oxygen atoms in total. The number of aryl methyl sites for hydroxylation is 1. The monoisotopic (exact) mass is 188 g/mol. The first-order valence-electron chi connectivity index (χ1n) is 4.91. The van der Waals surface area contributed by atoms with Crippen molar-refractivity contribution in [1.82, 2.24) is 9.78 Å². The van der Waals surface area contributed by atoms with Crippen molar-refractivity contribution in [3.05, 3.63) is 11.9 Å². The van der Waals surface area contributed by atoms with Crippen LogP contribution in [0.5, 0.6) is 0 Å². The summed E-state index contributed by atoms with van der Waals surface area (Å²) < 4.78 is 1.92. The van der Waals surface area contributed by atoms with Gasteiger partial charge in [0, 0.05) is 18.2 Å². The second-order valence-electron chi connectivity index (χ2n) is 3.94. The Labute approximate surface area is 83.8 Å². The molecule has 2 N–H and O–H groups in total. The van der Waals surface area contributed by atoms with Gasteiger partial charge in [0.1, 0.15) is 0 Å². The van der Waals surface area contributed by atoms with Crippen molar-refractivity contribution in [1.29, 1.82) is 5.26 Å². The average Bonchev–Trinajstić information content (AvgIpc) is 2.74. The molecule has 1 aliphatic rings. The predicted molar refractivity (Wildman–Crippen MR) is 56.0 cm³/mol. The normalized spacial score (nSPS) is 21.1. The molecule has 0 aromatic carbocycles. The molecule has 1 aliphatic heterocycles. The molecule has 1 saturated heterocycles. The Morgan fingerprint density at radius 2 is 2.57 bits per heavy atom. The summed E-state index contributed by atoms with van der Waals surface area (Å²) in [7, 11) is 0. The van der Waals surface area contributed by atoms with Crippen molar-refractivity contribution in [3.63, 3.8) is 0 Å². The standard InChI is InChI=1S/C9H13BN4/c1-7-9(12)5-14(13-7)8-2-3-10(4-8)6-11/h5,8H,2-4,12H2,1H3. The molecule has 0 aliphatic carbocycles. The van der Waals surface area contributed by atoms with Gasteiger partial charge in [-0.05, 0) is 19.7 Å². The molecule has 2 rings (SSSR count). The minimum absolute atomic E-state index is 0.200. The van der Waals surface area contributed by atoms with Crippen LogP contribution in [0.2, 0.25) is 12.6 Å². The minimum Gasteiger partial charge on any atom is -0.396 e. The fraction of sp³-hybridized carbons (Fsp3) is 0.556. The second kappa shape index (κ2) is 3.37. The summed E-state index contributed by atoms with van der Waals surface area (Å²) >= 11 is 0. The molecule has 0 spiro atoms. The molecular weight excluding hydrogens is 175 g/mol. The highest BCUT2D eigenvalue weighted by Crippen LogP contribution is 2.30. The van der Waals surface area contributed by atoms with Crippen LogP contribution >= 0.6 is 0 Å². The number of aromatic nitrogens is 2. The van der Waals surface area contributed by atoms with Crippen LogP contribution in [-0.4, -0.2) is 16.5 Å². The smallest absolute Gasteiger partial charge is 0.270 e. The number of hydrogen-bond acceptors (Lipinski definition) is 3. The molecule has 0 bridgehead atoms. The van der Waals surface area contributed by atoms with E-state index in [1.54, 1.807) is 0 Å². The van der Waals surface area contributed by atoms with E-state index >= 15 is 0 Å². The molecule has 1 fully saturated rings. The van der Waals surface area contributed by atoms with Gasteiger partial charge in [-0.2, -0.15) is 5.10 Å². The molecule has 0 radical (unpaired) electrons. The Balaban J connectivity index is 2.14. The molecule has 0 amide bonds. The van der Waals surface area contributed by atoms with Gasteiger partial charge in [0.25, 0.3) is 6.71 Å². The van der Waals surface area contributed by atoms with Gasteiger partial charge < -0.3 is 5.73 Å². The number of nitriles is 1. The molecule has 0 saturated carbocycles. The zero-order valence-electron chi connectivity index (χ0n) is 8.27. The van der Waals surface area contributed by atoms with E-state index in [1.165, 1.54) is 0 Å². The fourth-order valence-electron chi connectivity index (χ4n) is 2.00. The summed E-state index contributed by atoms with van der Waals surface area (Å²) in [5.41, 5.74) is 7.35. The molecule has 2 heterocycles. The van der Waals surface area contributed by atoms with E-state index < -0.39 is 0 Å². The molecule has 1 unspecified atom stereocenters. The number of hydrogen-bond donors (Lipinski definition) is 1. The Morgan fingerprint density at radius 1 is 1.79 bits per heavy atom. The van der Waals surface area contributed by atoms with Crippen LogP contribution in [-0.2, 0) is 0 Å². The zero-order valence-corrected chi connectivity index (χ0v) is 8.27. The first kappa shape index (κ1) is 9.13. The molecule has 1 atom stereocenters. The van der Waals surface area contributed by atoms with Gasteiger partial charge in [-0.1, -0.05) is 6.32 Å². The highest BCUT2D eigenvalue weighted by Gasteiger charge is 2.29. The Hall–Kier alpha value is -1.44. The van der Waals surface area contributed by atoms with E-state index in [0.717, 1.165) is 30.4 Å². The van der Waals surface area contributed by atoms with Crippen LogP contribution in [0.1, 0.15) is 18.2 Å². The average molecular weight is 188 g/mol. The molecule has 1 aromatic rings. The summed E-state index contributed by atoms with van der Waals surface area (Å²) in [5, 5.41) is 13.1. The predicted octanol–water partition coefficient (Wildman–Crippen LogP) is 1.28. The first-order valence-corrected chi connectivity index (χ1v) is 4.91. The Bertz CT molecular complexity index is 359. The van der Waals surface area contributed by atoms with E-state index in [4.69, 9.17) is 11.0 Å². The van der Waals surface area contributed by atoms with Crippen LogP contribution in [0.3, 0.4) is 0 Å². The third-order valence-corrected chi connectivity index (χ3v) is 2.92. The highest BCUT2D eigenvalue weighted by atomic mass is 15.3. The number of nitrogens with zero attached hydrogens (tertiary/aromatic N) is 3. The van der Waals surface area contributed by atoms with Crippen molar-refractivity contribution < 1.29 is 0 Å². The van der Waals surface area contributed by atoms with Gasteiger partial charge in [0.2, 0.25) is 0 Å². The summed E-state index contributed by atoms with van der Waals surface area (Å²) in [6, 6.07) is 0.371. The van der Waals surface area contributed by atoms with Crippen LogP contribution in [0.15, 0.2) is 6.20 Å². The van der Waals surface area contributed by atoms with Gasteiger partial charge in [0.15, 0.2) is 0 Å². The molecule has 1 aromatic heterocycles. The van der Waals surface area contributed by atoms with Crippen LogP contribution in [0.4, 0.5) is 5.69 Å². The lowest BCUT2D eigenvalue weighted by molar-refractivity contribution is 0.493. The third-order valence-electron chi connectivity index (χ3n) is 2.92. The maximum atomic E-state index is 8.79. The molecule has 5 heteroatoms. The highest BCUT2D eigenvalue weighted by molar-refractivity contribution is 6.67. The van der Waals surface area contributed by atoms with Gasteiger partial charge in [0.05, 0.1) is 11.4 Å². The molecular formula is C9H13BN4. The van der Waals surface area contributed by atoms with Crippen LogP contribution < -0.4 is 5.73 Å². The van der Waals surface area contributed by atoms with E-state index in [1.807, 2.05) is 17.8 Å². The minimum atomic E-state index is 0.200.